The molecule has 0 saturated carbocycles. The van der Waals surface area contributed by atoms with Crippen LogP contribution in [0.2, 0.25) is 0 Å². The van der Waals surface area contributed by atoms with Crippen molar-refractivity contribution in [2.24, 2.45) is 4.99 Å². The number of isocyanates is 1. The van der Waals surface area contributed by atoms with Crippen molar-refractivity contribution in [3.63, 3.8) is 0 Å². The average Bonchev–Trinajstić information content (AvgIpc) is 2.91. The van der Waals surface area contributed by atoms with Crippen molar-refractivity contribution >= 4 is 33.6 Å². The van der Waals surface area contributed by atoms with Crippen LogP contribution in [0.4, 0.5) is 5.69 Å². The fourth-order valence-corrected chi connectivity index (χ4v) is 2.93. The minimum atomic E-state index is 0.611. The summed E-state index contributed by atoms with van der Waals surface area (Å²) in [4.78, 5) is 14.0. The van der Waals surface area contributed by atoms with Crippen molar-refractivity contribution in [2.75, 3.05) is 0 Å². The first-order valence-electron chi connectivity index (χ1n) is 7.05. The summed E-state index contributed by atoms with van der Waals surface area (Å²) >= 11 is 0. The Bertz CT molecular complexity index is 969. The third-order valence-corrected chi connectivity index (χ3v) is 3.86. The molecule has 0 bridgehead atoms. The fraction of sp³-hybridized carbons (Fsp3) is 0. The summed E-state index contributed by atoms with van der Waals surface area (Å²) in [6, 6.07) is 24.3. The van der Waals surface area contributed by atoms with Gasteiger partial charge in [-0.1, -0.05) is 36.4 Å². The average molecular weight is 284 g/mol. The van der Waals surface area contributed by atoms with E-state index in [1.807, 2.05) is 36.4 Å². The zero-order chi connectivity index (χ0) is 14.9. The van der Waals surface area contributed by atoms with E-state index in [1.54, 1.807) is 6.08 Å². The minimum absolute atomic E-state index is 0.611. The van der Waals surface area contributed by atoms with E-state index in [2.05, 4.69) is 46.0 Å². The number of nitrogens with zero attached hydrogens (tertiary/aromatic N) is 2. The molecule has 22 heavy (non-hydrogen) atoms. The van der Waals surface area contributed by atoms with Crippen LogP contribution >= 0.6 is 0 Å². The lowest BCUT2D eigenvalue weighted by Crippen LogP contribution is -1.92. The molecule has 3 aromatic carbocycles. The highest BCUT2D eigenvalue weighted by atomic mass is 16.1. The molecule has 0 N–H and O–H groups in total. The molecule has 0 unspecified atom stereocenters. The third kappa shape index (κ3) is 1.85. The van der Waals surface area contributed by atoms with Gasteiger partial charge in [0.1, 0.15) is 0 Å². The Kier molecular flexibility index (Phi) is 2.85. The normalized spacial score (nSPS) is 10.7. The Labute approximate surface area is 127 Å². The number of rotatable bonds is 2. The molecule has 0 aliphatic carbocycles. The standard InChI is InChI=1S/C19H12N2O/c22-13-20-14-9-11-15(12-10-14)21-18-7-3-1-5-16(18)17-6-2-4-8-19(17)21/h1-12H. The van der Waals surface area contributed by atoms with Crippen molar-refractivity contribution in [3.05, 3.63) is 72.8 Å². The maximum absolute atomic E-state index is 10.3. The van der Waals surface area contributed by atoms with Gasteiger partial charge in [-0.05, 0) is 36.4 Å². The van der Waals surface area contributed by atoms with Gasteiger partial charge in [-0.15, -0.1) is 0 Å². The predicted octanol–water partition coefficient (Wildman–Crippen LogP) is 4.75. The van der Waals surface area contributed by atoms with Crippen LogP contribution in [0.1, 0.15) is 0 Å². The summed E-state index contributed by atoms with van der Waals surface area (Å²) in [7, 11) is 0. The molecule has 4 aromatic rings. The van der Waals surface area contributed by atoms with E-state index in [0.717, 1.165) is 16.7 Å². The van der Waals surface area contributed by atoms with Gasteiger partial charge in [0.2, 0.25) is 6.08 Å². The maximum atomic E-state index is 10.3. The number of hydrogen-bond donors (Lipinski definition) is 0. The Morgan fingerprint density at radius 3 is 1.82 bits per heavy atom. The first-order valence-corrected chi connectivity index (χ1v) is 7.05. The van der Waals surface area contributed by atoms with Crippen LogP contribution in [0.3, 0.4) is 0 Å². The Balaban J connectivity index is 2.05. The van der Waals surface area contributed by atoms with Crippen LogP contribution < -0.4 is 0 Å². The quantitative estimate of drug-likeness (QED) is 0.386. The molecule has 0 saturated heterocycles. The topological polar surface area (TPSA) is 34.4 Å². The van der Waals surface area contributed by atoms with E-state index >= 15 is 0 Å². The summed E-state index contributed by atoms with van der Waals surface area (Å²) in [5, 5.41) is 2.46. The Morgan fingerprint density at radius 1 is 0.727 bits per heavy atom. The molecule has 1 heterocycles. The molecule has 0 radical (unpaired) electrons. The van der Waals surface area contributed by atoms with Crippen LogP contribution in [0, 0.1) is 0 Å². The van der Waals surface area contributed by atoms with Gasteiger partial charge in [0.25, 0.3) is 0 Å². The number of aliphatic imine (C=N–C) groups is 1. The number of aromatic nitrogens is 1. The van der Waals surface area contributed by atoms with E-state index in [4.69, 9.17) is 0 Å². The molecule has 3 nitrogen and oxygen atoms in total. The van der Waals surface area contributed by atoms with E-state index < -0.39 is 0 Å². The van der Waals surface area contributed by atoms with E-state index in [-0.39, 0.29) is 0 Å². The summed E-state index contributed by atoms with van der Waals surface area (Å²) in [6.45, 7) is 0. The molecular weight excluding hydrogens is 272 g/mol. The molecule has 3 heteroatoms. The van der Waals surface area contributed by atoms with Crippen LogP contribution in [0.5, 0.6) is 0 Å². The highest BCUT2D eigenvalue weighted by Crippen LogP contribution is 2.32. The van der Waals surface area contributed by atoms with Gasteiger partial charge in [-0.2, -0.15) is 4.99 Å². The van der Waals surface area contributed by atoms with Crippen molar-refractivity contribution < 1.29 is 4.79 Å². The second-order valence-electron chi connectivity index (χ2n) is 5.09. The molecule has 0 aliphatic rings. The Hall–Kier alpha value is -3.16. The first kappa shape index (κ1) is 12.6. The van der Waals surface area contributed by atoms with Crippen molar-refractivity contribution in [2.45, 2.75) is 0 Å². The number of fused-ring (bicyclic) bond motifs is 3. The van der Waals surface area contributed by atoms with E-state index in [1.165, 1.54) is 10.8 Å². The number of para-hydroxylation sites is 2. The fourth-order valence-electron chi connectivity index (χ4n) is 2.93. The second-order valence-corrected chi connectivity index (χ2v) is 5.09. The predicted molar refractivity (Wildman–Crippen MR) is 88.6 cm³/mol. The summed E-state index contributed by atoms with van der Waals surface area (Å²) in [6.07, 6.45) is 1.57. The Morgan fingerprint density at radius 2 is 1.27 bits per heavy atom. The summed E-state index contributed by atoms with van der Waals surface area (Å²) < 4.78 is 2.22. The zero-order valence-corrected chi connectivity index (χ0v) is 11.7. The molecule has 0 amide bonds. The summed E-state index contributed by atoms with van der Waals surface area (Å²) in [5.41, 5.74) is 3.98. The van der Waals surface area contributed by atoms with Gasteiger partial charge < -0.3 is 4.57 Å². The number of benzene rings is 3. The van der Waals surface area contributed by atoms with Crippen LogP contribution in [0.15, 0.2) is 77.8 Å². The third-order valence-electron chi connectivity index (χ3n) is 3.86. The molecule has 1 aromatic heterocycles. The van der Waals surface area contributed by atoms with Gasteiger partial charge in [-0.25, -0.2) is 4.79 Å². The van der Waals surface area contributed by atoms with Gasteiger partial charge >= 0.3 is 0 Å². The molecule has 0 aliphatic heterocycles. The lowest BCUT2D eigenvalue weighted by atomic mass is 10.2. The smallest absolute Gasteiger partial charge is 0.240 e. The minimum Gasteiger partial charge on any atom is -0.309 e. The number of hydrogen-bond acceptors (Lipinski definition) is 2. The summed E-state index contributed by atoms with van der Waals surface area (Å²) in [5.74, 6) is 0. The van der Waals surface area contributed by atoms with Gasteiger partial charge in [-0.3, -0.25) is 0 Å². The number of carbonyl (C=O) groups excluding carboxylic acids is 1. The van der Waals surface area contributed by atoms with Crippen molar-refractivity contribution in [3.8, 4) is 5.69 Å². The SMILES string of the molecule is O=C=Nc1ccc(-n2c3ccccc3c3ccccc32)cc1. The molecule has 0 atom stereocenters. The molecular formula is C19H12N2O. The monoisotopic (exact) mass is 284 g/mol. The molecule has 4 rings (SSSR count). The van der Waals surface area contributed by atoms with Gasteiger partial charge in [0.15, 0.2) is 0 Å². The largest absolute Gasteiger partial charge is 0.309 e. The zero-order valence-electron chi connectivity index (χ0n) is 11.7. The molecule has 0 fully saturated rings. The lowest BCUT2D eigenvalue weighted by Gasteiger charge is -2.07. The highest BCUT2D eigenvalue weighted by Gasteiger charge is 2.10. The van der Waals surface area contributed by atoms with Crippen LogP contribution in [0.25, 0.3) is 27.5 Å². The van der Waals surface area contributed by atoms with E-state index in [9.17, 15) is 4.79 Å². The van der Waals surface area contributed by atoms with Crippen molar-refractivity contribution in [1.29, 1.82) is 0 Å². The lowest BCUT2D eigenvalue weighted by molar-refractivity contribution is 0.565. The van der Waals surface area contributed by atoms with Gasteiger partial charge in [0.05, 0.1) is 16.7 Å². The maximum Gasteiger partial charge on any atom is 0.240 e. The highest BCUT2D eigenvalue weighted by molar-refractivity contribution is 6.09. The van der Waals surface area contributed by atoms with Crippen LogP contribution in [-0.4, -0.2) is 10.6 Å². The van der Waals surface area contributed by atoms with E-state index in [0.29, 0.717) is 5.69 Å². The van der Waals surface area contributed by atoms with Crippen LogP contribution in [-0.2, 0) is 4.79 Å². The van der Waals surface area contributed by atoms with Crippen molar-refractivity contribution in [1.82, 2.24) is 4.57 Å². The molecule has 0 spiro atoms. The second kappa shape index (κ2) is 4.99. The molecule has 104 valence electrons. The first-order chi connectivity index (χ1) is 10.9. The van der Waals surface area contributed by atoms with Gasteiger partial charge in [0, 0.05) is 16.5 Å².